The van der Waals surface area contributed by atoms with Crippen LogP contribution in [-0.2, 0) is 21.5 Å². The summed E-state index contributed by atoms with van der Waals surface area (Å²) >= 11 is 1.50. The SMILES string of the molecule is COc1ccc(OC)c([C@@H]2SCC(=O)N(CC(=O)NCc3ccccn3)c3c2c(C(C)(C)C)nn3-c2cccc(C)c2)c1. The number of carbonyl (C=O) groups is 2. The highest BCUT2D eigenvalue weighted by Crippen LogP contribution is 2.51. The molecular formula is C33H37N5O4S. The van der Waals surface area contributed by atoms with Crippen LogP contribution in [0.2, 0.25) is 0 Å². The van der Waals surface area contributed by atoms with Gasteiger partial charge in [0.1, 0.15) is 23.9 Å². The van der Waals surface area contributed by atoms with Gasteiger partial charge in [0.2, 0.25) is 11.8 Å². The number of carbonyl (C=O) groups excluding carboxylic acids is 2. The average molecular weight is 600 g/mol. The molecule has 1 aliphatic heterocycles. The van der Waals surface area contributed by atoms with Gasteiger partial charge in [-0.3, -0.25) is 19.5 Å². The van der Waals surface area contributed by atoms with Gasteiger partial charge in [0, 0.05) is 22.7 Å². The van der Waals surface area contributed by atoms with E-state index in [1.54, 1.807) is 25.3 Å². The van der Waals surface area contributed by atoms with Gasteiger partial charge in [-0.25, -0.2) is 4.68 Å². The number of hydrogen-bond acceptors (Lipinski definition) is 7. The van der Waals surface area contributed by atoms with E-state index >= 15 is 0 Å². The highest BCUT2D eigenvalue weighted by atomic mass is 32.2. The number of fused-ring (bicyclic) bond motifs is 1. The first-order valence-electron chi connectivity index (χ1n) is 14.1. The normalized spacial score (nSPS) is 15.1. The summed E-state index contributed by atoms with van der Waals surface area (Å²) in [6.45, 7) is 8.44. The van der Waals surface area contributed by atoms with Gasteiger partial charge in [-0.2, -0.15) is 5.10 Å². The molecule has 1 aliphatic rings. The molecule has 1 atom stereocenters. The lowest BCUT2D eigenvalue weighted by molar-refractivity contribution is -0.123. The number of pyridine rings is 1. The van der Waals surface area contributed by atoms with Crippen LogP contribution in [0.5, 0.6) is 11.5 Å². The zero-order chi connectivity index (χ0) is 30.7. The van der Waals surface area contributed by atoms with Crippen LogP contribution in [0.1, 0.15) is 54.1 Å². The van der Waals surface area contributed by atoms with Crippen molar-refractivity contribution in [2.75, 3.05) is 31.4 Å². The second-order valence-electron chi connectivity index (χ2n) is 11.5. The Hall–Kier alpha value is -4.31. The summed E-state index contributed by atoms with van der Waals surface area (Å²) in [5.74, 6) is 1.63. The Morgan fingerprint density at radius 2 is 1.88 bits per heavy atom. The molecule has 43 heavy (non-hydrogen) atoms. The van der Waals surface area contributed by atoms with Crippen molar-refractivity contribution in [2.24, 2.45) is 0 Å². The zero-order valence-corrected chi connectivity index (χ0v) is 26.2. The van der Waals surface area contributed by atoms with E-state index in [0.717, 1.165) is 33.8 Å². The van der Waals surface area contributed by atoms with Gasteiger partial charge in [-0.1, -0.05) is 39.0 Å². The molecule has 0 saturated heterocycles. The summed E-state index contributed by atoms with van der Waals surface area (Å²) in [6, 6.07) is 19.2. The Morgan fingerprint density at radius 3 is 2.56 bits per heavy atom. The number of ether oxygens (including phenoxy) is 2. The molecule has 0 unspecified atom stereocenters. The van der Waals surface area contributed by atoms with E-state index in [1.807, 2.05) is 72.3 Å². The predicted molar refractivity (Wildman–Crippen MR) is 169 cm³/mol. The minimum atomic E-state index is -0.385. The fourth-order valence-corrected chi connectivity index (χ4v) is 6.41. The Kier molecular flexibility index (Phi) is 8.77. The van der Waals surface area contributed by atoms with Crippen molar-refractivity contribution >= 4 is 29.4 Å². The number of benzene rings is 2. The highest BCUT2D eigenvalue weighted by molar-refractivity contribution is 8.00. The smallest absolute Gasteiger partial charge is 0.240 e. The molecule has 0 bridgehead atoms. The van der Waals surface area contributed by atoms with Crippen molar-refractivity contribution in [1.29, 1.82) is 0 Å². The summed E-state index contributed by atoms with van der Waals surface area (Å²) in [5.41, 5.74) is 4.79. The highest BCUT2D eigenvalue weighted by Gasteiger charge is 2.40. The summed E-state index contributed by atoms with van der Waals surface area (Å²) < 4.78 is 13.2. The van der Waals surface area contributed by atoms with Crippen LogP contribution in [0.4, 0.5) is 5.82 Å². The van der Waals surface area contributed by atoms with Crippen LogP contribution < -0.4 is 19.7 Å². The summed E-state index contributed by atoms with van der Waals surface area (Å²) in [7, 11) is 3.26. The topological polar surface area (TPSA) is 98.6 Å². The molecule has 224 valence electrons. The van der Waals surface area contributed by atoms with Gasteiger partial charge >= 0.3 is 0 Å². The lowest BCUT2D eigenvalue weighted by Crippen LogP contribution is -2.42. The minimum absolute atomic E-state index is 0.157. The lowest BCUT2D eigenvalue weighted by Gasteiger charge is -2.25. The molecule has 2 amide bonds. The third kappa shape index (κ3) is 6.39. The maximum absolute atomic E-state index is 14.0. The molecule has 2 aromatic heterocycles. The van der Waals surface area contributed by atoms with Crippen LogP contribution in [0.15, 0.2) is 66.9 Å². The number of thioether (sulfide) groups is 1. The lowest BCUT2D eigenvalue weighted by atomic mass is 9.87. The van der Waals surface area contributed by atoms with Crippen LogP contribution in [-0.4, -0.2) is 53.1 Å². The molecule has 2 aromatic carbocycles. The fourth-order valence-electron chi connectivity index (χ4n) is 5.19. The fraction of sp³-hybridized carbons (Fsp3) is 0.333. The maximum Gasteiger partial charge on any atom is 0.240 e. The molecule has 0 spiro atoms. The first-order valence-corrected chi connectivity index (χ1v) is 15.2. The Bertz CT molecular complexity index is 1630. The Balaban J connectivity index is 1.70. The van der Waals surface area contributed by atoms with E-state index in [0.29, 0.717) is 17.3 Å². The minimum Gasteiger partial charge on any atom is -0.497 e. The molecule has 10 heteroatoms. The largest absolute Gasteiger partial charge is 0.497 e. The molecule has 4 aromatic rings. The van der Waals surface area contributed by atoms with Gasteiger partial charge in [0.15, 0.2) is 0 Å². The standard InChI is InChI=1S/C33H37N5O4S/c1-21-10-9-12-23(16-21)38-32-29(31(36-38)33(2,3)4)30(25-17-24(41-5)13-14-26(25)42-6)43-20-28(40)37(32)19-27(39)35-18-22-11-7-8-15-34-22/h7-17,30H,18-20H2,1-6H3,(H,35,39)/t30-/m0/s1. The van der Waals surface area contributed by atoms with E-state index in [-0.39, 0.29) is 41.3 Å². The first kappa shape index (κ1) is 30.2. The third-order valence-electron chi connectivity index (χ3n) is 7.26. The van der Waals surface area contributed by atoms with E-state index in [9.17, 15) is 9.59 Å². The number of anilines is 1. The molecule has 0 aliphatic carbocycles. The van der Waals surface area contributed by atoms with E-state index in [2.05, 4.69) is 31.1 Å². The van der Waals surface area contributed by atoms with E-state index < -0.39 is 0 Å². The summed E-state index contributed by atoms with van der Waals surface area (Å²) in [6.07, 6.45) is 1.69. The van der Waals surface area contributed by atoms with Crippen molar-refractivity contribution in [3.63, 3.8) is 0 Å². The van der Waals surface area contributed by atoms with Crippen molar-refractivity contribution < 1.29 is 19.1 Å². The van der Waals surface area contributed by atoms with Gasteiger partial charge < -0.3 is 14.8 Å². The molecule has 0 saturated carbocycles. The first-order chi connectivity index (χ1) is 20.6. The van der Waals surface area contributed by atoms with Gasteiger partial charge in [-0.15, -0.1) is 11.8 Å². The van der Waals surface area contributed by atoms with Crippen molar-refractivity contribution in [1.82, 2.24) is 20.1 Å². The van der Waals surface area contributed by atoms with E-state index in [4.69, 9.17) is 14.6 Å². The monoisotopic (exact) mass is 599 g/mol. The van der Waals surface area contributed by atoms with Crippen molar-refractivity contribution in [3.05, 3.63) is 94.9 Å². The number of aromatic nitrogens is 3. The number of hydrogen-bond donors (Lipinski definition) is 1. The number of amides is 2. The summed E-state index contributed by atoms with van der Waals surface area (Å²) in [4.78, 5) is 33.2. The van der Waals surface area contributed by atoms with Gasteiger partial charge in [0.25, 0.3) is 0 Å². The number of nitrogens with one attached hydrogen (secondary N) is 1. The molecule has 9 nitrogen and oxygen atoms in total. The van der Waals surface area contributed by atoms with Crippen LogP contribution in [0.3, 0.4) is 0 Å². The average Bonchev–Trinajstić information content (AvgIpc) is 3.34. The predicted octanol–water partition coefficient (Wildman–Crippen LogP) is 5.38. The second kappa shape index (κ2) is 12.5. The number of aryl methyl sites for hydroxylation is 1. The quantitative estimate of drug-likeness (QED) is 0.291. The number of methoxy groups -OCH3 is 2. The van der Waals surface area contributed by atoms with Crippen molar-refractivity contribution in [2.45, 2.75) is 44.9 Å². The van der Waals surface area contributed by atoms with Gasteiger partial charge in [-0.05, 0) is 55.0 Å². The van der Waals surface area contributed by atoms with Gasteiger partial charge in [0.05, 0.1) is 48.8 Å². The third-order valence-corrected chi connectivity index (χ3v) is 8.50. The maximum atomic E-state index is 14.0. The van der Waals surface area contributed by atoms with Crippen LogP contribution >= 0.6 is 11.8 Å². The van der Waals surface area contributed by atoms with Crippen LogP contribution in [0.25, 0.3) is 5.69 Å². The van der Waals surface area contributed by atoms with Crippen molar-refractivity contribution in [3.8, 4) is 17.2 Å². The second-order valence-corrected chi connectivity index (χ2v) is 12.6. The molecule has 1 N–H and O–H groups in total. The molecular weight excluding hydrogens is 562 g/mol. The molecule has 0 fully saturated rings. The molecule has 5 rings (SSSR count). The number of nitrogens with zero attached hydrogens (tertiary/aromatic N) is 4. The van der Waals surface area contributed by atoms with E-state index in [1.165, 1.54) is 11.8 Å². The molecule has 0 radical (unpaired) electrons. The number of rotatable bonds is 8. The molecule has 3 heterocycles. The zero-order valence-electron chi connectivity index (χ0n) is 25.4. The Labute approximate surface area is 256 Å². The Morgan fingerprint density at radius 1 is 1.07 bits per heavy atom. The summed E-state index contributed by atoms with van der Waals surface area (Å²) in [5, 5.41) is 7.78. The van der Waals surface area contributed by atoms with Crippen LogP contribution in [0, 0.1) is 6.92 Å².